The fraction of sp³-hybridized carbons (Fsp3) is 0.500. The van der Waals surface area contributed by atoms with Gasteiger partial charge in [-0.2, -0.15) is 0 Å². The van der Waals surface area contributed by atoms with Crippen molar-refractivity contribution in [2.75, 3.05) is 18.0 Å². The van der Waals surface area contributed by atoms with Gasteiger partial charge in [-0.25, -0.2) is 0 Å². The van der Waals surface area contributed by atoms with E-state index in [-0.39, 0.29) is 11.9 Å². The maximum atomic E-state index is 10.8. The monoisotopic (exact) mass is 222 g/mol. The average Bonchev–Trinajstić information content (AvgIpc) is 2.30. The summed E-state index contributed by atoms with van der Waals surface area (Å²) in [6.07, 6.45) is 3.18. The van der Waals surface area contributed by atoms with E-state index in [1.54, 1.807) is 12.1 Å². The Morgan fingerprint density at radius 1 is 1.50 bits per heavy atom. The van der Waals surface area contributed by atoms with Gasteiger partial charge in [-0.3, -0.25) is 0 Å². The normalized spacial score (nSPS) is 17.4. The van der Waals surface area contributed by atoms with E-state index in [1.165, 1.54) is 6.20 Å². The van der Waals surface area contributed by atoms with E-state index in [1.807, 2.05) is 4.90 Å². The van der Waals surface area contributed by atoms with Crippen LogP contribution in [-0.2, 0) is 0 Å². The molecule has 0 atom stereocenters. The minimum Gasteiger partial charge on any atom is -0.365 e. The molecule has 86 valence electrons. The number of nitrogens with two attached hydrogens (primary N) is 1. The summed E-state index contributed by atoms with van der Waals surface area (Å²) >= 11 is 0. The van der Waals surface area contributed by atoms with Gasteiger partial charge in [0.15, 0.2) is 0 Å². The van der Waals surface area contributed by atoms with Crippen molar-refractivity contribution in [3.05, 3.63) is 28.4 Å². The molecule has 2 rings (SSSR count). The lowest BCUT2D eigenvalue weighted by atomic mass is 10.1. The first-order valence-corrected chi connectivity index (χ1v) is 5.28. The van der Waals surface area contributed by atoms with Crippen LogP contribution < -0.4 is 10.6 Å². The van der Waals surface area contributed by atoms with Crippen molar-refractivity contribution >= 4 is 11.5 Å². The molecule has 0 spiro atoms. The van der Waals surface area contributed by atoms with Crippen LogP contribution in [0.1, 0.15) is 12.8 Å². The molecular formula is C10H14N4O2. The van der Waals surface area contributed by atoms with Gasteiger partial charge >= 0.3 is 5.82 Å². The predicted octanol–water partition coefficient (Wildman–Crippen LogP) is 0.917. The molecule has 1 aliphatic heterocycles. The number of nitro groups is 1. The Labute approximate surface area is 93.2 Å². The van der Waals surface area contributed by atoms with E-state index in [4.69, 9.17) is 5.73 Å². The third kappa shape index (κ3) is 2.11. The van der Waals surface area contributed by atoms with Gasteiger partial charge in [0.2, 0.25) is 0 Å². The van der Waals surface area contributed by atoms with Gasteiger partial charge in [0.05, 0.1) is 0 Å². The quantitative estimate of drug-likeness (QED) is 0.594. The number of rotatable bonds is 2. The van der Waals surface area contributed by atoms with Crippen LogP contribution in [-0.4, -0.2) is 29.0 Å². The number of hydrogen-bond acceptors (Lipinski definition) is 5. The lowest BCUT2D eigenvalue weighted by Crippen LogP contribution is -2.39. The Morgan fingerprint density at radius 3 is 2.81 bits per heavy atom. The van der Waals surface area contributed by atoms with Crippen LogP contribution in [0.25, 0.3) is 0 Å². The molecule has 0 aromatic carbocycles. The van der Waals surface area contributed by atoms with Crippen molar-refractivity contribution in [2.45, 2.75) is 18.9 Å². The minimum atomic E-state index is -0.441. The molecule has 0 saturated carbocycles. The van der Waals surface area contributed by atoms with E-state index in [9.17, 15) is 10.1 Å². The summed E-state index contributed by atoms with van der Waals surface area (Å²) in [7, 11) is 0. The topological polar surface area (TPSA) is 85.3 Å². The van der Waals surface area contributed by atoms with Gasteiger partial charge in [0.25, 0.3) is 0 Å². The molecule has 2 N–H and O–H groups in total. The number of anilines is 1. The van der Waals surface area contributed by atoms with Crippen LogP contribution >= 0.6 is 0 Å². The van der Waals surface area contributed by atoms with E-state index in [2.05, 4.69) is 4.98 Å². The molecule has 0 unspecified atom stereocenters. The zero-order valence-electron chi connectivity index (χ0n) is 8.87. The molecule has 0 aliphatic carbocycles. The van der Waals surface area contributed by atoms with Crippen LogP contribution in [0.2, 0.25) is 0 Å². The largest absolute Gasteiger partial charge is 0.387 e. The van der Waals surface area contributed by atoms with Crippen LogP contribution in [0.4, 0.5) is 11.5 Å². The molecule has 1 aromatic heterocycles. The lowest BCUT2D eigenvalue weighted by Gasteiger charge is -2.31. The summed E-state index contributed by atoms with van der Waals surface area (Å²) in [6, 6.07) is 3.67. The molecular weight excluding hydrogens is 208 g/mol. The van der Waals surface area contributed by atoms with Gasteiger partial charge in [0, 0.05) is 19.1 Å². The molecule has 6 heteroatoms. The first-order valence-electron chi connectivity index (χ1n) is 5.28. The highest BCUT2D eigenvalue weighted by molar-refractivity contribution is 5.59. The summed E-state index contributed by atoms with van der Waals surface area (Å²) < 4.78 is 0. The van der Waals surface area contributed by atoms with Crippen molar-refractivity contribution in [1.82, 2.24) is 4.98 Å². The first-order chi connectivity index (χ1) is 7.68. The zero-order valence-corrected chi connectivity index (χ0v) is 8.87. The number of nitrogens with zero attached hydrogens (tertiary/aromatic N) is 3. The fourth-order valence-corrected chi connectivity index (χ4v) is 1.92. The SMILES string of the molecule is NC1CCN(c2cccnc2[N+](=O)[O-])CC1. The zero-order chi connectivity index (χ0) is 11.5. The molecule has 1 saturated heterocycles. The number of aromatic nitrogens is 1. The summed E-state index contributed by atoms with van der Waals surface area (Å²) in [4.78, 5) is 16.2. The van der Waals surface area contributed by atoms with Crippen molar-refractivity contribution in [2.24, 2.45) is 5.73 Å². The summed E-state index contributed by atoms with van der Waals surface area (Å²) in [5.74, 6) is -0.0713. The second-order valence-electron chi connectivity index (χ2n) is 3.93. The highest BCUT2D eigenvalue weighted by Gasteiger charge is 2.23. The third-order valence-corrected chi connectivity index (χ3v) is 2.82. The third-order valence-electron chi connectivity index (χ3n) is 2.82. The van der Waals surface area contributed by atoms with Gasteiger partial charge in [-0.05, 0) is 34.9 Å². The Bertz CT molecular complexity index is 388. The lowest BCUT2D eigenvalue weighted by molar-refractivity contribution is -0.388. The van der Waals surface area contributed by atoms with Crippen LogP contribution in [0.5, 0.6) is 0 Å². The van der Waals surface area contributed by atoms with Crippen molar-refractivity contribution < 1.29 is 4.92 Å². The van der Waals surface area contributed by atoms with Crippen LogP contribution in [0.15, 0.2) is 18.3 Å². The van der Waals surface area contributed by atoms with E-state index >= 15 is 0 Å². The molecule has 16 heavy (non-hydrogen) atoms. The van der Waals surface area contributed by atoms with Crippen molar-refractivity contribution in [1.29, 1.82) is 0 Å². The fourth-order valence-electron chi connectivity index (χ4n) is 1.92. The Morgan fingerprint density at radius 2 is 2.19 bits per heavy atom. The predicted molar refractivity (Wildman–Crippen MR) is 60.3 cm³/mol. The van der Waals surface area contributed by atoms with Gasteiger partial charge in [-0.1, -0.05) is 0 Å². The Kier molecular flexibility index (Phi) is 3.00. The van der Waals surface area contributed by atoms with Gasteiger partial charge in [-0.15, -0.1) is 0 Å². The molecule has 2 heterocycles. The highest BCUT2D eigenvalue weighted by atomic mass is 16.6. The Hall–Kier alpha value is -1.69. The molecule has 0 amide bonds. The molecule has 1 aromatic rings. The van der Waals surface area contributed by atoms with E-state index in [0.29, 0.717) is 5.69 Å². The van der Waals surface area contributed by atoms with Crippen molar-refractivity contribution in [3.8, 4) is 0 Å². The molecule has 1 fully saturated rings. The molecule has 0 radical (unpaired) electrons. The second-order valence-corrected chi connectivity index (χ2v) is 3.93. The standard InChI is InChI=1S/C10H14N4O2/c11-8-3-6-13(7-4-8)9-2-1-5-12-10(9)14(15)16/h1-2,5,8H,3-4,6-7,11H2. The molecule has 6 nitrogen and oxygen atoms in total. The summed E-state index contributed by atoms with van der Waals surface area (Å²) in [6.45, 7) is 1.52. The maximum absolute atomic E-state index is 10.8. The van der Waals surface area contributed by atoms with E-state index < -0.39 is 4.92 Å². The minimum absolute atomic E-state index is 0.0713. The van der Waals surface area contributed by atoms with Crippen LogP contribution in [0.3, 0.4) is 0 Å². The molecule has 1 aliphatic rings. The van der Waals surface area contributed by atoms with Gasteiger partial charge < -0.3 is 20.7 Å². The Balaban J connectivity index is 2.23. The number of piperidine rings is 1. The average molecular weight is 222 g/mol. The van der Waals surface area contributed by atoms with Gasteiger partial charge in [0.1, 0.15) is 11.9 Å². The molecule has 0 bridgehead atoms. The van der Waals surface area contributed by atoms with E-state index in [0.717, 1.165) is 25.9 Å². The number of hydrogen-bond donors (Lipinski definition) is 1. The smallest absolute Gasteiger partial charge is 0.365 e. The maximum Gasteiger partial charge on any atom is 0.387 e. The number of pyridine rings is 1. The summed E-state index contributed by atoms with van der Waals surface area (Å²) in [5.41, 5.74) is 6.39. The van der Waals surface area contributed by atoms with Crippen molar-refractivity contribution in [3.63, 3.8) is 0 Å². The first kappa shape index (κ1) is 10.8. The highest BCUT2D eigenvalue weighted by Crippen LogP contribution is 2.27. The van der Waals surface area contributed by atoms with Crippen LogP contribution in [0, 0.1) is 10.1 Å². The summed E-state index contributed by atoms with van der Waals surface area (Å²) in [5, 5.41) is 10.8. The second kappa shape index (κ2) is 4.44.